The Morgan fingerprint density at radius 2 is 2.03 bits per heavy atom. The maximum atomic E-state index is 12.8. The molecule has 32 heavy (non-hydrogen) atoms. The smallest absolute Gasteiger partial charge is 0.320 e. The summed E-state index contributed by atoms with van der Waals surface area (Å²) in [5, 5.41) is 33.9. The average Bonchev–Trinajstić information content (AvgIpc) is 3.43. The van der Waals surface area contributed by atoms with Crippen molar-refractivity contribution in [3.8, 4) is 5.75 Å². The van der Waals surface area contributed by atoms with Gasteiger partial charge in [-0.25, -0.2) is 8.42 Å². The molecule has 13 heteroatoms. The van der Waals surface area contributed by atoms with E-state index in [0.29, 0.717) is 5.76 Å². The van der Waals surface area contributed by atoms with Gasteiger partial charge in [0.1, 0.15) is 11.8 Å². The highest BCUT2D eigenvalue weighted by atomic mass is 32.2. The normalized spacial score (nSPS) is 13.4. The van der Waals surface area contributed by atoms with E-state index in [0.717, 1.165) is 11.3 Å². The van der Waals surface area contributed by atoms with E-state index in [4.69, 9.17) is 9.05 Å². The topological polar surface area (TPSA) is 148 Å². The summed E-state index contributed by atoms with van der Waals surface area (Å²) in [5.41, 5.74) is -0.266. The Labute approximate surface area is 190 Å². The highest BCUT2D eigenvalue weighted by molar-refractivity contribution is 7.91. The molecule has 0 bridgehead atoms. The number of rotatable bonds is 9. The zero-order valence-corrected chi connectivity index (χ0v) is 20.1. The monoisotopic (exact) mass is 485 g/mol. The third-order valence-electron chi connectivity index (χ3n) is 4.85. The van der Waals surface area contributed by atoms with Crippen molar-refractivity contribution in [2.24, 2.45) is 5.41 Å². The van der Waals surface area contributed by atoms with Crippen molar-refractivity contribution in [2.75, 3.05) is 23.7 Å². The zero-order chi connectivity index (χ0) is 23.7. The summed E-state index contributed by atoms with van der Waals surface area (Å²) in [4.78, 5) is 0.195. The lowest BCUT2D eigenvalue weighted by Gasteiger charge is -2.27. The molecular formula is C19H27N5O6S2. The largest absolute Gasteiger partial charge is 0.504 e. The number of nitrogens with zero attached hydrogens (tertiary/aromatic N) is 3. The first-order chi connectivity index (χ1) is 15.0. The summed E-state index contributed by atoms with van der Waals surface area (Å²) in [7, 11) is -3.85. The van der Waals surface area contributed by atoms with E-state index in [1.54, 1.807) is 26.0 Å². The van der Waals surface area contributed by atoms with Crippen LogP contribution in [-0.2, 0) is 10.0 Å². The maximum Gasteiger partial charge on any atom is 0.320 e. The minimum absolute atomic E-state index is 0.0132. The minimum atomic E-state index is -3.85. The van der Waals surface area contributed by atoms with E-state index in [1.807, 2.05) is 20.8 Å². The summed E-state index contributed by atoms with van der Waals surface area (Å²) < 4.78 is 36.9. The lowest BCUT2D eigenvalue weighted by molar-refractivity contribution is -0.791. The van der Waals surface area contributed by atoms with Gasteiger partial charge in [-0.05, 0) is 17.3 Å². The van der Waals surface area contributed by atoms with Crippen molar-refractivity contribution in [2.45, 2.75) is 44.9 Å². The predicted molar refractivity (Wildman–Crippen MR) is 119 cm³/mol. The second kappa shape index (κ2) is 9.00. The minimum Gasteiger partial charge on any atom is -0.504 e. The second-order valence-electron chi connectivity index (χ2n) is 8.09. The number of sulfonamides is 1. The molecule has 3 rings (SSSR count). The lowest BCUT2D eigenvalue weighted by atomic mass is 9.85. The van der Waals surface area contributed by atoms with Gasteiger partial charge in [-0.1, -0.05) is 39.5 Å². The van der Waals surface area contributed by atoms with Gasteiger partial charge in [0.25, 0.3) is 10.0 Å². The van der Waals surface area contributed by atoms with Gasteiger partial charge in [-0.15, -0.1) is 11.3 Å². The van der Waals surface area contributed by atoms with Crippen LogP contribution < -0.4 is 15.5 Å². The molecule has 0 aliphatic rings. The first kappa shape index (κ1) is 23.9. The molecule has 176 valence electrons. The molecule has 1 atom stereocenters. The lowest BCUT2D eigenvalue weighted by Crippen LogP contribution is -2.33. The fourth-order valence-electron chi connectivity index (χ4n) is 3.17. The highest BCUT2D eigenvalue weighted by Gasteiger charge is 2.35. The van der Waals surface area contributed by atoms with Gasteiger partial charge in [0, 0.05) is 23.9 Å². The van der Waals surface area contributed by atoms with Gasteiger partial charge in [0.2, 0.25) is 0 Å². The first-order valence-corrected chi connectivity index (χ1v) is 12.3. The van der Waals surface area contributed by atoms with E-state index in [2.05, 4.69) is 15.8 Å². The van der Waals surface area contributed by atoms with Crippen LogP contribution in [0.1, 0.15) is 46.4 Å². The molecule has 0 spiro atoms. The number of nitrogens with one attached hydrogen (secondary N) is 2. The molecule has 3 aromatic rings. The number of hydrogen-bond donors (Lipinski definition) is 3. The summed E-state index contributed by atoms with van der Waals surface area (Å²) in [6.45, 7) is 9.89. The zero-order valence-electron chi connectivity index (χ0n) is 18.4. The molecule has 0 unspecified atom stereocenters. The number of aromatic nitrogens is 2. The van der Waals surface area contributed by atoms with Crippen molar-refractivity contribution in [1.82, 2.24) is 9.46 Å². The summed E-state index contributed by atoms with van der Waals surface area (Å²) >= 11 is 0.869. The Bertz CT molecular complexity index is 1140. The van der Waals surface area contributed by atoms with Crippen LogP contribution in [0, 0.1) is 10.6 Å². The molecule has 0 amide bonds. The fraction of sp³-hybridized carbons (Fsp3) is 0.474. The van der Waals surface area contributed by atoms with Gasteiger partial charge in [-0.2, -0.15) is 4.31 Å². The summed E-state index contributed by atoms with van der Waals surface area (Å²) in [5.74, 6) is 0.100. The van der Waals surface area contributed by atoms with Gasteiger partial charge in [0.05, 0.1) is 12.0 Å². The third-order valence-corrected chi connectivity index (χ3v) is 8.39. The molecule has 11 nitrogen and oxygen atoms in total. The van der Waals surface area contributed by atoms with Crippen LogP contribution in [0.2, 0.25) is 0 Å². The standard InChI is InChI=1S/C19H27N5O6S2/c1-6-23(7-2)32(27,28)18-14(25)12(11-31-18)20-16-17(24(26)30-22-16)21-15(19(3,4)5)13-9-8-10-29-13/h8-11,15,21,25H,6-7H2,1-5H3,(H,20,22)/t15-/m0/s1. The summed E-state index contributed by atoms with van der Waals surface area (Å²) in [6, 6.07) is 3.12. The Morgan fingerprint density at radius 3 is 2.59 bits per heavy atom. The predicted octanol–water partition coefficient (Wildman–Crippen LogP) is 3.64. The van der Waals surface area contributed by atoms with Crippen LogP contribution in [0.25, 0.3) is 0 Å². The molecular weight excluding hydrogens is 458 g/mol. The van der Waals surface area contributed by atoms with Gasteiger partial charge in [0.15, 0.2) is 9.96 Å². The second-order valence-corrected chi connectivity index (χ2v) is 11.1. The first-order valence-electron chi connectivity index (χ1n) is 9.97. The fourth-order valence-corrected chi connectivity index (χ4v) is 6.00. The van der Waals surface area contributed by atoms with Crippen molar-refractivity contribution in [3.63, 3.8) is 0 Å². The van der Waals surface area contributed by atoms with Gasteiger partial charge >= 0.3 is 11.6 Å². The van der Waals surface area contributed by atoms with Crippen LogP contribution in [-0.4, -0.2) is 36.1 Å². The number of thiophene rings is 1. The number of hydrogen-bond acceptors (Lipinski definition) is 10. The molecule has 0 fully saturated rings. The van der Waals surface area contributed by atoms with E-state index in [9.17, 15) is 18.7 Å². The van der Waals surface area contributed by atoms with Gasteiger partial charge in [-0.3, -0.25) is 5.32 Å². The summed E-state index contributed by atoms with van der Waals surface area (Å²) in [6.07, 6.45) is 1.54. The van der Waals surface area contributed by atoms with Crippen LogP contribution in [0.3, 0.4) is 0 Å². The highest BCUT2D eigenvalue weighted by Crippen LogP contribution is 2.42. The molecule has 3 aromatic heterocycles. The average molecular weight is 486 g/mol. The van der Waals surface area contributed by atoms with Crippen molar-refractivity contribution in [3.05, 3.63) is 34.7 Å². The number of furan rings is 1. The quantitative estimate of drug-likeness (QED) is 0.386. The molecule has 0 saturated heterocycles. The Balaban J connectivity index is 1.92. The number of aromatic hydroxyl groups is 1. The molecule has 0 aliphatic heterocycles. The van der Waals surface area contributed by atoms with Crippen molar-refractivity contribution in [1.29, 1.82) is 0 Å². The van der Waals surface area contributed by atoms with Gasteiger partial charge < -0.3 is 24.7 Å². The molecule has 0 aromatic carbocycles. The molecule has 0 radical (unpaired) electrons. The Morgan fingerprint density at radius 1 is 1.34 bits per heavy atom. The van der Waals surface area contributed by atoms with Crippen molar-refractivity contribution >= 4 is 38.7 Å². The Hall–Kier alpha value is -2.77. The maximum absolute atomic E-state index is 12.8. The van der Waals surface area contributed by atoms with Crippen LogP contribution >= 0.6 is 11.3 Å². The SMILES string of the molecule is CCN(CC)S(=O)(=O)c1scc(Nc2no[n+]([O-])c2N[C@@H](c2ccco2)C(C)(C)C)c1O. The molecule has 0 saturated carbocycles. The van der Waals surface area contributed by atoms with E-state index < -0.39 is 21.8 Å². The third kappa shape index (κ3) is 4.54. The van der Waals surface area contributed by atoms with Crippen LogP contribution in [0.5, 0.6) is 5.75 Å². The molecule has 3 heterocycles. The van der Waals surface area contributed by atoms with E-state index in [-0.39, 0.29) is 44.9 Å². The van der Waals surface area contributed by atoms with Crippen molar-refractivity contribution < 1.29 is 27.5 Å². The van der Waals surface area contributed by atoms with E-state index >= 15 is 0 Å². The molecule has 0 aliphatic carbocycles. The van der Waals surface area contributed by atoms with Crippen LogP contribution in [0.15, 0.2) is 37.0 Å². The van der Waals surface area contributed by atoms with Crippen LogP contribution in [0.4, 0.5) is 17.3 Å². The number of anilines is 3. The molecule has 3 N–H and O–H groups in total. The Kier molecular flexibility index (Phi) is 6.72. The van der Waals surface area contributed by atoms with E-state index in [1.165, 1.54) is 15.9 Å².